The van der Waals surface area contributed by atoms with Gasteiger partial charge in [0.05, 0.1) is 17.4 Å². The number of benzene rings is 1. The smallest absolute Gasteiger partial charge is 0.242 e. The molecular weight excluding hydrogens is 491 g/mol. The number of hydrogen-bond acceptors (Lipinski definition) is 10. The number of aliphatic hydroxyl groups excluding tert-OH is 2. The van der Waals surface area contributed by atoms with Gasteiger partial charge in [-0.1, -0.05) is 18.6 Å². The van der Waals surface area contributed by atoms with Crippen molar-refractivity contribution in [3.8, 4) is 5.75 Å². The van der Waals surface area contributed by atoms with Crippen LogP contribution >= 0.6 is 0 Å². The SMILES string of the molecule is CC(O)Oc1ccccc1N.CO.NCCCCC(N)C(=O)Nc1ccc(N)c(N)n1.[Y]. The van der Waals surface area contributed by atoms with Gasteiger partial charge in [0.2, 0.25) is 5.91 Å². The van der Waals surface area contributed by atoms with E-state index >= 15 is 0 Å². The molecule has 1 radical (unpaired) electrons. The van der Waals surface area contributed by atoms with Gasteiger partial charge in [0, 0.05) is 39.8 Å². The maximum Gasteiger partial charge on any atom is 0.242 e. The number of carbonyl (C=O) groups is 1. The summed E-state index contributed by atoms with van der Waals surface area (Å²) in [5, 5.41) is 18.4. The molecule has 0 bridgehead atoms. The molecule has 0 aliphatic carbocycles. The summed E-state index contributed by atoms with van der Waals surface area (Å²) in [4.78, 5) is 15.7. The van der Waals surface area contributed by atoms with Crippen LogP contribution < -0.4 is 38.7 Å². The largest absolute Gasteiger partial charge is 0.463 e. The molecule has 13 N–H and O–H groups in total. The molecule has 12 heteroatoms. The van der Waals surface area contributed by atoms with Crippen LogP contribution in [-0.2, 0) is 37.5 Å². The Kier molecular flexibility index (Phi) is 18.6. The molecule has 0 aliphatic rings. The number of nitrogens with zero attached hydrogens (tertiary/aromatic N) is 1. The van der Waals surface area contributed by atoms with Crippen LogP contribution in [0.25, 0.3) is 0 Å². The van der Waals surface area contributed by atoms with Gasteiger partial charge < -0.3 is 48.9 Å². The average Bonchev–Trinajstić information content (AvgIpc) is 2.74. The summed E-state index contributed by atoms with van der Waals surface area (Å²) in [6.45, 7) is 2.14. The van der Waals surface area contributed by atoms with Crippen molar-refractivity contribution in [1.29, 1.82) is 0 Å². The third kappa shape index (κ3) is 13.4. The Morgan fingerprint density at radius 2 is 1.72 bits per heavy atom. The van der Waals surface area contributed by atoms with Crippen molar-refractivity contribution in [2.45, 2.75) is 38.5 Å². The molecule has 177 valence electrons. The molecule has 2 unspecified atom stereocenters. The number of unbranched alkanes of at least 4 members (excludes halogenated alkanes) is 1. The average molecular weight is 526 g/mol. The van der Waals surface area contributed by atoms with Gasteiger partial charge in [-0.25, -0.2) is 4.98 Å². The van der Waals surface area contributed by atoms with Crippen LogP contribution in [-0.4, -0.2) is 47.1 Å². The minimum absolute atomic E-state index is 0. The maximum atomic E-state index is 11.7. The summed E-state index contributed by atoms with van der Waals surface area (Å²) in [5.74, 6) is 0.761. The Morgan fingerprint density at radius 1 is 1.09 bits per heavy atom. The number of aliphatic hydroxyl groups is 2. The molecule has 0 saturated carbocycles. The minimum atomic E-state index is -0.820. The fourth-order valence-corrected chi connectivity index (χ4v) is 2.19. The number of hydrogen-bond donors (Lipinski definition) is 8. The number of para-hydroxylation sites is 2. The normalized spacial score (nSPS) is 11.3. The summed E-state index contributed by atoms with van der Waals surface area (Å²) in [6, 6.07) is 9.63. The second kappa shape index (κ2) is 18.5. The van der Waals surface area contributed by atoms with Gasteiger partial charge in [0.25, 0.3) is 0 Å². The number of carbonyl (C=O) groups excluding carboxylic acids is 1. The Labute approximate surface area is 214 Å². The van der Waals surface area contributed by atoms with E-state index < -0.39 is 12.3 Å². The van der Waals surface area contributed by atoms with Gasteiger partial charge in [0.1, 0.15) is 17.4 Å². The summed E-state index contributed by atoms with van der Waals surface area (Å²) in [7, 11) is 1.00. The number of ether oxygens (including phenoxy) is 1. The van der Waals surface area contributed by atoms with Gasteiger partial charge in [-0.05, 0) is 50.6 Å². The molecule has 32 heavy (non-hydrogen) atoms. The first-order valence-electron chi connectivity index (χ1n) is 9.67. The maximum absolute atomic E-state index is 11.7. The van der Waals surface area contributed by atoms with E-state index in [1.807, 2.05) is 6.07 Å². The van der Waals surface area contributed by atoms with Crippen LogP contribution in [0.3, 0.4) is 0 Å². The zero-order valence-electron chi connectivity index (χ0n) is 18.6. The van der Waals surface area contributed by atoms with E-state index in [9.17, 15) is 4.79 Å². The molecule has 1 amide bonds. The number of pyridine rings is 1. The van der Waals surface area contributed by atoms with E-state index in [4.69, 9.17) is 43.6 Å². The van der Waals surface area contributed by atoms with Crippen molar-refractivity contribution in [2.75, 3.05) is 36.2 Å². The molecule has 0 spiro atoms. The van der Waals surface area contributed by atoms with E-state index in [1.165, 1.54) is 6.92 Å². The number of rotatable bonds is 8. The number of nitrogen functional groups attached to an aromatic ring is 3. The van der Waals surface area contributed by atoms with E-state index in [2.05, 4.69) is 10.3 Å². The van der Waals surface area contributed by atoms with Crippen LogP contribution in [0.2, 0.25) is 0 Å². The molecule has 1 heterocycles. The second-order valence-corrected chi connectivity index (χ2v) is 6.31. The van der Waals surface area contributed by atoms with Crippen molar-refractivity contribution < 1.29 is 52.5 Å². The first-order chi connectivity index (χ1) is 14.7. The van der Waals surface area contributed by atoms with Crippen molar-refractivity contribution in [3.05, 3.63) is 36.4 Å². The molecule has 0 aliphatic heterocycles. The van der Waals surface area contributed by atoms with Crippen LogP contribution in [0.15, 0.2) is 36.4 Å². The van der Waals surface area contributed by atoms with Crippen molar-refractivity contribution in [1.82, 2.24) is 4.98 Å². The van der Waals surface area contributed by atoms with E-state index in [-0.39, 0.29) is 44.4 Å². The topological polar surface area (TPSA) is 222 Å². The van der Waals surface area contributed by atoms with Crippen LogP contribution in [0.4, 0.5) is 23.0 Å². The van der Waals surface area contributed by atoms with E-state index in [1.54, 1.807) is 30.3 Å². The molecular formula is C20H35N7O4Y. The van der Waals surface area contributed by atoms with Crippen LogP contribution in [0.5, 0.6) is 5.75 Å². The summed E-state index contributed by atoms with van der Waals surface area (Å²) < 4.78 is 4.98. The van der Waals surface area contributed by atoms with Gasteiger partial charge in [-0.3, -0.25) is 4.79 Å². The van der Waals surface area contributed by atoms with Gasteiger partial charge in [0.15, 0.2) is 6.29 Å². The van der Waals surface area contributed by atoms with E-state index in [0.29, 0.717) is 35.9 Å². The summed E-state index contributed by atoms with van der Waals surface area (Å²) in [5.41, 5.74) is 28.6. The van der Waals surface area contributed by atoms with Crippen molar-refractivity contribution >= 4 is 28.9 Å². The zero-order chi connectivity index (χ0) is 23.8. The molecule has 2 atom stereocenters. The molecule has 1 aromatic heterocycles. The Morgan fingerprint density at radius 3 is 2.25 bits per heavy atom. The Balaban J connectivity index is 0. The molecule has 0 saturated heterocycles. The van der Waals surface area contributed by atoms with Crippen molar-refractivity contribution in [2.24, 2.45) is 11.5 Å². The fourth-order valence-electron chi connectivity index (χ4n) is 2.19. The number of nitrogens with one attached hydrogen (secondary N) is 1. The molecule has 1 aromatic carbocycles. The number of aromatic nitrogens is 1. The zero-order valence-corrected chi connectivity index (χ0v) is 21.4. The third-order valence-corrected chi connectivity index (χ3v) is 3.73. The first-order valence-corrected chi connectivity index (χ1v) is 9.67. The Bertz CT molecular complexity index is 781. The number of anilines is 4. The van der Waals surface area contributed by atoms with E-state index in [0.717, 1.165) is 20.0 Å². The van der Waals surface area contributed by atoms with Gasteiger partial charge in [-0.2, -0.15) is 0 Å². The predicted octanol–water partition coefficient (Wildman–Crippen LogP) is 0.233. The molecule has 0 fully saturated rings. The summed E-state index contributed by atoms with van der Waals surface area (Å²) >= 11 is 0. The van der Waals surface area contributed by atoms with Crippen LogP contribution in [0, 0.1) is 0 Å². The molecule has 2 rings (SSSR count). The monoisotopic (exact) mass is 526 g/mol. The predicted molar refractivity (Wildman–Crippen MR) is 124 cm³/mol. The first kappa shape index (κ1) is 32.2. The number of amides is 1. The minimum Gasteiger partial charge on any atom is -0.463 e. The van der Waals surface area contributed by atoms with Crippen molar-refractivity contribution in [3.63, 3.8) is 0 Å². The van der Waals surface area contributed by atoms with Gasteiger partial charge in [-0.15, -0.1) is 0 Å². The Hall–Kier alpha value is -2.02. The fraction of sp³-hybridized carbons (Fsp3) is 0.400. The molecule has 11 nitrogen and oxygen atoms in total. The third-order valence-electron chi connectivity index (χ3n) is 3.73. The quantitative estimate of drug-likeness (QED) is 0.133. The number of nitrogens with two attached hydrogens (primary N) is 5. The van der Waals surface area contributed by atoms with Gasteiger partial charge >= 0.3 is 0 Å². The standard InChI is InChI=1S/C11H20N6O.C8H11NO2.CH4O.Y/c12-6-2-1-3-8(14)11(18)17-9-5-4-7(13)10(15)16-9;1-6(10)11-8-5-3-2-4-7(8)9;1-2;/h4-5,8H,1-3,6,12-14H2,(H3,15,16,17,18);2-6,10H,9H2,1H3;2H,1H3;. The summed E-state index contributed by atoms with van der Waals surface area (Å²) in [6.07, 6.45) is 1.45. The van der Waals surface area contributed by atoms with Crippen LogP contribution in [0.1, 0.15) is 26.2 Å². The molecule has 2 aromatic rings. The second-order valence-electron chi connectivity index (χ2n) is 6.31.